The van der Waals surface area contributed by atoms with Crippen molar-refractivity contribution in [2.24, 2.45) is 0 Å². The van der Waals surface area contributed by atoms with Crippen LogP contribution in [0.2, 0.25) is 0 Å². The topological polar surface area (TPSA) is 17.1 Å². The summed E-state index contributed by atoms with van der Waals surface area (Å²) < 4.78 is 37.1. The predicted octanol–water partition coefficient (Wildman–Crippen LogP) is 3.10. The van der Waals surface area contributed by atoms with Gasteiger partial charge in [0.15, 0.2) is 5.92 Å². The number of alkyl halides is 3. The van der Waals surface area contributed by atoms with E-state index in [1.807, 2.05) is 0 Å². The summed E-state index contributed by atoms with van der Waals surface area (Å²) in [5.41, 5.74) is -0.139. The summed E-state index contributed by atoms with van der Waals surface area (Å²) >= 11 is 4.90. The molecule has 0 radical (unpaired) electrons. The minimum Gasteiger partial charge on any atom is -0.280 e. The van der Waals surface area contributed by atoms with Crippen LogP contribution in [0.3, 0.4) is 0 Å². The lowest BCUT2D eigenvalue weighted by Gasteiger charge is -2.16. The van der Waals surface area contributed by atoms with Gasteiger partial charge in [0.2, 0.25) is 5.24 Å². The molecule has 0 aliphatic heterocycles. The Kier molecular flexibility index (Phi) is 3.16. The van der Waals surface area contributed by atoms with Crippen LogP contribution >= 0.6 is 11.6 Å². The van der Waals surface area contributed by atoms with E-state index in [4.69, 9.17) is 11.6 Å². The molecule has 1 aromatic rings. The van der Waals surface area contributed by atoms with Gasteiger partial charge >= 0.3 is 6.18 Å². The molecular formula is C9H6ClF3O. The lowest BCUT2D eigenvalue weighted by atomic mass is 10.0. The standard InChI is InChI=1S/C9H6ClF3O/c10-8(14)7(9(11,12)13)6-4-2-1-3-5-6/h1-5,7H/t7-/m1/s1. The van der Waals surface area contributed by atoms with Crippen molar-refractivity contribution in [1.29, 1.82) is 0 Å². The van der Waals surface area contributed by atoms with Crippen LogP contribution in [0.15, 0.2) is 30.3 Å². The third kappa shape index (κ3) is 2.48. The summed E-state index contributed by atoms with van der Waals surface area (Å²) in [7, 11) is 0. The molecule has 0 heterocycles. The van der Waals surface area contributed by atoms with Gasteiger partial charge in [0, 0.05) is 0 Å². The first-order valence-electron chi connectivity index (χ1n) is 3.74. The first-order chi connectivity index (χ1) is 6.43. The van der Waals surface area contributed by atoms with Crippen molar-refractivity contribution in [2.45, 2.75) is 12.1 Å². The molecule has 0 N–H and O–H groups in total. The highest BCUT2D eigenvalue weighted by atomic mass is 35.5. The first kappa shape index (κ1) is 11.0. The number of hydrogen-bond acceptors (Lipinski definition) is 1. The lowest BCUT2D eigenvalue weighted by molar-refractivity contribution is -0.158. The lowest BCUT2D eigenvalue weighted by Crippen LogP contribution is -2.25. The molecule has 0 aliphatic rings. The number of benzene rings is 1. The number of carbonyl (C=O) groups excluding carboxylic acids is 1. The van der Waals surface area contributed by atoms with Crippen molar-refractivity contribution in [3.63, 3.8) is 0 Å². The number of rotatable bonds is 2. The Labute approximate surface area is 83.5 Å². The van der Waals surface area contributed by atoms with Gasteiger partial charge in [-0.15, -0.1) is 0 Å². The highest BCUT2D eigenvalue weighted by Gasteiger charge is 2.45. The van der Waals surface area contributed by atoms with E-state index >= 15 is 0 Å². The molecule has 0 spiro atoms. The molecule has 0 saturated heterocycles. The zero-order chi connectivity index (χ0) is 10.8. The van der Waals surface area contributed by atoms with Crippen molar-refractivity contribution in [3.8, 4) is 0 Å². The number of carbonyl (C=O) groups is 1. The Hall–Kier alpha value is -1.03. The molecule has 0 bridgehead atoms. The van der Waals surface area contributed by atoms with Crippen molar-refractivity contribution in [1.82, 2.24) is 0 Å². The van der Waals surface area contributed by atoms with E-state index in [0.29, 0.717) is 0 Å². The minimum absolute atomic E-state index is 0.139. The molecule has 1 rings (SSSR count). The number of hydrogen-bond donors (Lipinski definition) is 0. The Bertz CT molecular complexity index is 321. The summed E-state index contributed by atoms with van der Waals surface area (Å²) in [6, 6.07) is 6.86. The van der Waals surface area contributed by atoms with Crippen LogP contribution in [0.5, 0.6) is 0 Å². The fourth-order valence-electron chi connectivity index (χ4n) is 1.09. The Balaban J connectivity index is 3.08. The summed E-state index contributed by atoms with van der Waals surface area (Å²) in [5.74, 6) is -2.23. The fourth-order valence-corrected chi connectivity index (χ4v) is 1.34. The largest absolute Gasteiger partial charge is 0.403 e. The van der Waals surface area contributed by atoms with Crippen molar-refractivity contribution < 1.29 is 18.0 Å². The van der Waals surface area contributed by atoms with Crippen molar-refractivity contribution >= 4 is 16.8 Å². The molecule has 0 aliphatic carbocycles. The van der Waals surface area contributed by atoms with Gasteiger partial charge in [0.05, 0.1) is 0 Å². The Morgan fingerprint density at radius 2 is 1.71 bits per heavy atom. The van der Waals surface area contributed by atoms with Crippen LogP contribution in [0.1, 0.15) is 11.5 Å². The smallest absolute Gasteiger partial charge is 0.280 e. The van der Waals surface area contributed by atoms with Crippen molar-refractivity contribution in [3.05, 3.63) is 35.9 Å². The van der Waals surface area contributed by atoms with Crippen LogP contribution in [0, 0.1) is 0 Å². The van der Waals surface area contributed by atoms with Crippen LogP contribution in [0.4, 0.5) is 13.2 Å². The van der Waals surface area contributed by atoms with Crippen LogP contribution in [-0.4, -0.2) is 11.4 Å². The molecule has 14 heavy (non-hydrogen) atoms. The van der Waals surface area contributed by atoms with Gasteiger partial charge in [0.1, 0.15) is 0 Å². The zero-order valence-corrected chi connectivity index (χ0v) is 7.64. The fraction of sp³-hybridized carbons (Fsp3) is 0.222. The van der Waals surface area contributed by atoms with Gasteiger partial charge in [0.25, 0.3) is 0 Å². The molecule has 76 valence electrons. The van der Waals surface area contributed by atoms with Crippen LogP contribution in [-0.2, 0) is 4.79 Å². The maximum atomic E-state index is 12.4. The van der Waals surface area contributed by atoms with E-state index in [-0.39, 0.29) is 5.56 Å². The van der Waals surface area contributed by atoms with Gasteiger partial charge in [-0.05, 0) is 17.2 Å². The van der Waals surface area contributed by atoms with E-state index in [0.717, 1.165) is 0 Å². The maximum Gasteiger partial charge on any atom is 0.403 e. The van der Waals surface area contributed by atoms with E-state index in [1.54, 1.807) is 6.07 Å². The normalized spacial score (nSPS) is 13.7. The zero-order valence-electron chi connectivity index (χ0n) is 6.88. The minimum atomic E-state index is -4.64. The van der Waals surface area contributed by atoms with Crippen LogP contribution in [0.25, 0.3) is 0 Å². The molecule has 0 aromatic heterocycles. The third-order valence-electron chi connectivity index (χ3n) is 1.69. The summed E-state index contributed by atoms with van der Waals surface area (Å²) in [6.45, 7) is 0. The summed E-state index contributed by atoms with van der Waals surface area (Å²) in [5, 5.41) is -1.41. The highest BCUT2D eigenvalue weighted by Crippen LogP contribution is 2.36. The number of halogens is 4. The molecule has 0 amide bonds. The molecule has 0 fully saturated rings. The predicted molar refractivity (Wildman–Crippen MR) is 46.1 cm³/mol. The summed E-state index contributed by atoms with van der Waals surface area (Å²) in [4.78, 5) is 10.6. The first-order valence-corrected chi connectivity index (χ1v) is 4.11. The monoisotopic (exact) mass is 222 g/mol. The highest BCUT2D eigenvalue weighted by molar-refractivity contribution is 6.64. The van der Waals surface area contributed by atoms with Crippen molar-refractivity contribution in [2.75, 3.05) is 0 Å². The Morgan fingerprint density at radius 1 is 1.21 bits per heavy atom. The second-order valence-electron chi connectivity index (χ2n) is 2.69. The quantitative estimate of drug-likeness (QED) is 0.703. The molecular weight excluding hydrogens is 217 g/mol. The van der Waals surface area contributed by atoms with Gasteiger partial charge < -0.3 is 0 Å². The molecule has 1 nitrogen and oxygen atoms in total. The van der Waals surface area contributed by atoms with E-state index < -0.39 is 17.3 Å². The van der Waals surface area contributed by atoms with Gasteiger partial charge in [-0.3, -0.25) is 4.79 Å². The van der Waals surface area contributed by atoms with Gasteiger partial charge in [-0.1, -0.05) is 30.3 Å². The second-order valence-corrected chi connectivity index (χ2v) is 3.06. The molecule has 1 atom stereocenters. The van der Waals surface area contributed by atoms with Gasteiger partial charge in [-0.25, -0.2) is 0 Å². The van der Waals surface area contributed by atoms with E-state index in [9.17, 15) is 18.0 Å². The summed E-state index contributed by atoms with van der Waals surface area (Å²) in [6.07, 6.45) is -4.64. The second kappa shape index (κ2) is 4.00. The molecule has 5 heteroatoms. The average Bonchev–Trinajstić information content (AvgIpc) is 2.02. The van der Waals surface area contributed by atoms with E-state index in [2.05, 4.69) is 0 Å². The van der Waals surface area contributed by atoms with Crippen LogP contribution < -0.4 is 0 Å². The Morgan fingerprint density at radius 3 is 2.07 bits per heavy atom. The molecule has 0 saturated carbocycles. The van der Waals surface area contributed by atoms with E-state index in [1.165, 1.54) is 24.3 Å². The van der Waals surface area contributed by atoms with Gasteiger partial charge in [-0.2, -0.15) is 13.2 Å². The third-order valence-corrected chi connectivity index (χ3v) is 1.91. The SMILES string of the molecule is O=C(Cl)[C@@H](c1ccccc1)C(F)(F)F. The molecule has 1 aromatic carbocycles. The molecule has 0 unspecified atom stereocenters. The average molecular weight is 223 g/mol. The maximum absolute atomic E-state index is 12.4.